The van der Waals surface area contributed by atoms with Crippen LogP contribution in [0.1, 0.15) is 12.8 Å². The molecule has 2 aliphatic rings. The number of hydrogen-bond donors (Lipinski definition) is 0. The summed E-state index contributed by atoms with van der Waals surface area (Å²) in [5.41, 5.74) is 0. The summed E-state index contributed by atoms with van der Waals surface area (Å²) < 4.78 is 52.9. The van der Waals surface area contributed by atoms with Crippen molar-refractivity contribution in [2.75, 3.05) is 46.3 Å². The Morgan fingerprint density at radius 3 is 2.19 bits per heavy atom. The molecule has 0 radical (unpaired) electrons. The van der Waals surface area contributed by atoms with Gasteiger partial charge in [-0.1, -0.05) is 0 Å². The van der Waals surface area contributed by atoms with Gasteiger partial charge in [-0.15, -0.1) is 0 Å². The van der Waals surface area contributed by atoms with E-state index in [1.807, 2.05) is 11.9 Å². The van der Waals surface area contributed by atoms with Crippen LogP contribution in [-0.4, -0.2) is 74.7 Å². The first-order valence-electron chi connectivity index (χ1n) is 8.71. The first-order valence-corrected chi connectivity index (χ1v) is 10.2. The van der Waals surface area contributed by atoms with Crippen molar-refractivity contribution in [3.05, 3.63) is 29.8 Å². The second kappa shape index (κ2) is 7.58. The Bertz CT molecular complexity index is 771. The number of piperazine rings is 1. The second-order valence-electron chi connectivity index (χ2n) is 6.88. The predicted octanol–water partition coefficient (Wildman–Crippen LogP) is 1.14. The zero-order chi connectivity index (χ0) is 18.9. The molecule has 1 amide bonds. The molecule has 0 spiro atoms. The highest BCUT2D eigenvalue weighted by atomic mass is 32.2. The van der Waals surface area contributed by atoms with Crippen molar-refractivity contribution < 1.29 is 22.0 Å². The smallest absolute Gasteiger partial charge is 0.243 e. The lowest BCUT2D eigenvalue weighted by Gasteiger charge is -2.37. The standard InChI is InChI=1S/C17H23F2N3O3S/c1-20-8-10-21(11-9-20)17(23)13-4-6-22(7-5-13)26(24,25)14-2-3-15(18)16(19)12-14/h2-3,12-13H,4-11H2,1H3. The van der Waals surface area contributed by atoms with Crippen LogP contribution >= 0.6 is 0 Å². The minimum Gasteiger partial charge on any atom is -0.340 e. The van der Waals surface area contributed by atoms with Gasteiger partial charge in [0.2, 0.25) is 15.9 Å². The van der Waals surface area contributed by atoms with Crippen LogP contribution in [0.2, 0.25) is 0 Å². The van der Waals surface area contributed by atoms with E-state index in [0.29, 0.717) is 32.0 Å². The highest BCUT2D eigenvalue weighted by molar-refractivity contribution is 7.89. The van der Waals surface area contributed by atoms with Crippen molar-refractivity contribution in [1.82, 2.24) is 14.1 Å². The number of carbonyl (C=O) groups excluding carboxylic acids is 1. The summed E-state index contributed by atoms with van der Waals surface area (Å²) in [6.07, 6.45) is 0.877. The second-order valence-corrected chi connectivity index (χ2v) is 8.82. The third-order valence-corrected chi connectivity index (χ3v) is 7.04. The molecule has 3 rings (SSSR count). The summed E-state index contributed by atoms with van der Waals surface area (Å²) in [7, 11) is -1.87. The van der Waals surface area contributed by atoms with Crippen molar-refractivity contribution in [1.29, 1.82) is 0 Å². The van der Waals surface area contributed by atoms with E-state index in [-0.39, 0.29) is 29.8 Å². The normalized spacial score (nSPS) is 21.1. The van der Waals surface area contributed by atoms with Crippen LogP contribution in [0.15, 0.2) is 23.1 Å². The number of hydrogen-bond acceptors (Lipinski definition) is 4. The maximum Gasteiger partial charge on any atom is 0.243 e. The average Bonchev–Trinajstić information content (AvgIpc) is 2.64. The van der Waals surface area contributed by atoms with Crippen LogP contribution in [0.3, 0.4) is 0 Å². The quantitative estimate of drug-likeness (QED) is 0.781. The van der Waals surface area contributed by atoms with Gasteiger partial charge in [0, 0.05) is 45.2 Å². The number of rotatable bonds is 3. The molecule has 0 atom stereocenters. The Morgan fingerprint density at radius 1 is 1.00 bits per heavy atom. The molecule has 0 unspecified atom stereocenters. The fourth-order valence-corrected chi connectivity index (χ4v) is 4.90. The van der Waals surface area contributed by atoms with Gasteiger partial charge >= 0.3 is 0 Å². The summed E-state index contributed by atoms with van der Waals surface area (Å²) in [6, 6.07) is 2.58. The molecule has 0 bridgehead atoms. The van der Waals surface area contributed by atoms with Gasteiger partial charge in [-0.3, -0.25) is 4.79 Å². The van der Waals surface area contributed by atoms with Crippen LogP contribution in [0.4, 0.5) is 8.78 Å². The minimum atomic E-state index is -3.89. The van der Waals surface area contributed by atoms with Gasteiger partial charge in [-0.25, -0.2) is 17.2 Å². The van der Waals surface area contributed by atoms with Gasteiger partial charge in [0.05, 0.1) is 4.90 Å². The highest BCUT2D eigenvalue weighted by Gasteiger charge is 2.34. The molecule has 9 heteroatoms. The van der Waals surface area contributed by atoms with E-state index < -0.39 is 21.7 Å². The molecule has 26 heavy (non-hydrogen) atoms. The van der Waals surface area contributed by atoms with Crippen LogP contribution in [0, 0.1) is 17.6 Å². The topological polar surface area (TPSA) is 60.9 Å². The minimum absolute atomic E-state index is 0.0861. The number of likely N-dealkylation sites (N-methyl/N-ethyl adjacent to an activating group) is 1. The number of carbonyl (C=O) groups is 1. The fraction of sp³-hybridized carbons (Fsp3) is 0.588. The van der Waals surface area contributed by atoms with Gasteiger partial charge in [0.15, 0.2) is 11.6 Å². The Kier molecular flexibility index (Phi) is 5.59. The summed E-state index contributed by atoms with van der Waals surface area (Å²) >= 11 is 0. The molecule has 1 aromatic carbocycles. The number of amides is 1. The number of piperidine rings is 1. The van der Waals surface area contributed by atoms with Gasteiger partial charge in [0.25, 0.3) is 0 Å². The third kappa shape index (κ3) is 3.89. The predicted molar refractivity (Wildman–Crippen MR) is 91.9 cm³/mol. The lowest BCUT2D eigenvalue weighted by atomic mass is 9.96. The maximum absolute atomic E-state index is 13.4. The Balaban J connectivity index is 1.62. The number of nitrogens with zero attached hydrogens (tertiary/aromatic N) is 3. The molecule has 0 N–H and O–H groups in total. The number of halogens is 2. The first kappa shape index (κ1) is 19.2. The van der Waals surface area contributed by atoms with E-state index in [1.54, 1.807) is 0 Å². The van der Waals surface area contributed by atoms with E-state index in [1.165, 1.54) is 4.31 Å². The fourth-order valence-electron chi connectivity index (χ4n) is 3.41. The molecule has 2 saturated heterocycles. The van der Waals surface area contributed by atoms with Crippen molar-refractivity contribution in [3.63, 3.8) is 0 Å². The molecule has 2 aliphatic heterocycles. The van der Waals surface area contributed by atoms with E-state index in [9.17, 15) is 22.0 Å². The van der Waals surface area contributed by atoms with Crippen LogP contribution in [0.25, 0.3) is 0 Å². The molecular weight excluding hydrogens is 364 g/mol. The molecule has 1 aromatic rings. The SMILES string of the molecule is CN1CCN(C(=O)C2CCN(S(=O)(=O)c3ccc(F)c(F)c3)CC2)CC1. The monoisotopic (exact) mass is 387 g/mol. The summed E-state index contributed by atoms with van der Waals surface area (Å²) in [5.74, 6) is -2.37. The molecule has 2 fully saturated rings. The molecule has 0 aromatic heterocycles. The Labute approximate surface area is 152 Å². The van der Waals surface area contributed by atoms with Gasteiger partial charge in [-0.05, 0) is 38.1 Å². The van der Waals surface area contributed by atoms with Crippen LogP contribution < -0.4 is 0 Å². The lowest BCUT2D eigenvalue weighted by molar-refractivity contribution is -0.138. The van der Waals surface area contributed by atoms with Gasteiger partial charge in [-0.2, -0.15) is 4.31 Å². The zero-order valence-electron chi connectivity index (χ0n) is 14.7. The van der Waals surface area contributed by atoms with E-state index in [4.69, 9.17) is 0 Å². The van der Waals surface area contributed by atoms with Crippen molar-refractivity contribution in [2.24, 2.45) is 5.92 Å². The van der Waals surface area contributed by atoms with Gasteiger partial charge in [0.1, 0.15) is 0 Å². The van der Waals surface area contributed by atoms with Crippen LogP contribution in [-0.2, 0) is 14.8 Å². The van der Waals surface area contributed by atoms with Crippen molar-refractivity contribution in [3.8, 4) is 0 Å². The maximum atomic E-state index is 13.4. The average molecular weight is 387 g/mol. The van der Waals surface area contributed by atoms with Crippen LogP contribution in [0.5, 0.6) is 0 Å². The number of sulfonamides is 1. The van der Waals surface area contributed by atoms with Gasteiger partial charge < -0.3 is 9.80 Å². The lowest BCUT2D eigenvalue weighted by Crippen LogP contribution is -2.50. The molecule has 0 saturated carbocycles. The molecular formula is C17H23F2N3O3S. The molecule has 2 heterocycles. The summed E-state index contributed by atoms with van der Waals surface area (Å²) in [6.45, 7) is 3.48. The molecule has 144 valence electrons. The van der Waals surface area contributed by atoms with E-state index in [0.717, 1.165) is 25.2 Å². The number of benzene rings is 1. The molecule has 6 nitrogen and oxygen atoms in total. The van der Waals surface area contributed by atoms with E-state index in [2.05, 4.69) is 4.90 Å². The third-order valence-electron chi connectivity index (χ3n) is 5.15. The van der Waals surface area contributed by atoms with Crippen molar-refractivity contribution >= 4 is 15.9 Å². The summed E-state index contributed by atoms with van der Waals surface area (Å²) in [4.78, 5) is 16.4. The Morgan fingerprint density at radius 2 is 1.62 bits per heavy atom. The van der Waals surface area contributed by atoms with Crippen molar-refractivity contribution in [2.45, 2.75) is 17.7 Å². The Hall–Kier alpha value is -1.58. The summed E-state index contributed by atoms with van der Waals surface area (Å²) in [5, 5.41) is 0. The zero-order valence-corrected chi connectivity index (χ0v) is 15.5. The highest BCUT2D eigenvalue weighted by Crippen LogP contribution is 2.26. The first-order chi connectivity index (χ1) is 12.3. The van der Waals surface area contributed by atoms with E-state index >= 15 is 0 Å². The largest absolute Gasteiger partial charge is 0.340 e. The molecule has 0 aliphatic carbocycles.